The lowest BCUT2D eigenvalue weighted by Gasteiger charge is -2.12. The summed E-state index contributed by atoms with van der Waals surface area (Å²) in [5.41, 5.74) is 7.54. The molecule has 0 atom stereocenters. The zero-order valence-corrected chi connectivity index (χ0v) is 14.5. The number of benzene rings is 2. The number of hydrogen-bond acceptors (Lipinski definition) is 1. The number of methoxy groups -OCH3 is 1. The lowest BCUT2D eigenvalue weighted by Crippen LogP contribution is -1.94. The van der Waals surface area contributed by atoms with Crippen LogP contribution >= 0.6 is 0 Å². The predicted octanol–water partition coefficient (Wildman–Crippen LogP) is 5.80. The Morgan fingerprint density at radius 1 is 1.04 bits per heavy atom. The third-order valence-corrected chi connectivity index (χ3v) is 4.55. The van der Waals surface area contributed by atoms with Gasteiger partial charge < -0.3 is 9.72 Å². The normalized spacial score (nSPS) is 11.1. The molecule has 3 aromatic rings. The average molecular weight is 307 g/mol. The lowest BCUT2D eigenvalue weighted by molar-refractivity contribution is 0.408. The Balaban J connectivity index is 2.19. The van der Waals surface area contributed by atoms with Crippen LogP contribution in [0.3, 0.4) is 0 Å². The number of H-pyrrole nitrogens is 1. The van der Waals surface area contributed by atoms with Gasteiger partial charge in [0.05, 0.1) is 7.11 Å². The van der Waals surface area contributed by atoms with Crippen molar-refractivity contribution in [3.63, 3.8) is 0 Å². The van der Waals surface area contributed by atoms with Gasteiger partial charge in [0.15, 0.2) is 0 Å². The van der Waals surface area contributed by atoms with E-state index in [1.165, 1.54) is 51.7 Å². The summed E-state index contributed by atoms with van der Waals surface area (Å²) in [5, 5.41) is 1.35. The van der Waals surface area contributed by atoms with Gasteiger partial charge in [0.25, 0.3) is 0 Å². The Morgan fingerprint density at radius 3 is 2.39 bits per heavy atom. The van der Waals surface area contributed by atoms with Gasteiger partial charge in [-0.25, -0.2) is 0 Å². The molecule has 0 radical (unpaired) electrons. The van der Waals surface area contributed by atoms with Crippen LogP contribution in [-0.4, -0.2) is 12.1 Å². The molecule has 1 heterocycles. The van der Waals surface area contributed by atoms with Gasteiger partial charge in [0.2, 0.25) is 0 Å². The number of fused-ring (bicyclic) bond motifs is 1. The first kappa shape index (κ1) is 15.7. The van der Waals surface area contributed by atoms with Gasteiger partial charge in [-0.05, 0) is 67.1 Å². The fraction of sp³-hybridized carbons (Fsp3) is 0.333. The molecule has 1 aromatic heterocycles. The van der Waals surface area contributed by atoms with Crippen LogP contribution in [0.2, 0.25) is 0 Å². The maximum absolute atomic E-state index is 5.51. The highest BCUT2D eigenvalue weighted by atomic mass is 16.5. The van der Waals surface area contributed by atoms with Crippen LogP contribution in [0.5, 0.6) is 5.75 Å². The van der Waals surface area contributed by atoms with E-state index in [9.17, 15) is 0 Å². The topological polar surface area (TPSA) is 25.0 Å². The second kappa shape index (κ2) is 6.49. The van der Waals surface area contributed by atoms with Crippen molar-refractivity contribution in [2.24, 2.45) is 0 Å². The Bertz CT molecular complexity index is 806. The molecule has 2 heteroatoms. The van der Waals surface area contributed by atoms with E-state index in [4.69, 9.17) is 4.74 Å². The van der Waals surface area contributed by atoms with Crippen molar-refractivity contribution in [3.05, 3.63) is 53.1 Å². The molecule has 0 aliphatic carbocycles. The van der Waals surface area contributed by atoms with Crippen molar-refractivity contribution in [1.29, 1.82) is 0 Å². The number of aromatic amines is 1. The van der Waals surface area contributed by atoms with Gasteiger partial charge in [0.1, 0.15) is 5.75 Å². The molecule has 0 fully saturated rings. The first-order valence-electron chi connectivity index (χ1n) is 8.41. The molecule has 0 saturated heterocycles. The molecule has 0 aliphatic heterocycles. The van der Waals surface area contributed by atoms with E-state index in [0.29, 0.717) is 0 Å². The number of unbranched alkanes of at least 4 members (excludes halogenated alkanes) is 1. The standard InChI is InChI=1S/C21H25NO/c1-5-6-9-18-17-10-7-8-11-19(17)22-20(18)16-12-14(2)21(23-4)15(3)13-16/h7-8,10-13,22H,5-6,9H2,1-4H3. The molecule has 0 aliphatic rings. The molecule has 23 heavy (non-hydrogen) atoms. The molecule has 1 N–H and O–H groups in total. The van der Waals surface area contributed by atoms with Crippen molar-refractivity contribution in [2.75, 3.05) is 7.11 Å². The predicted molar refractivity (Wildman–Crippen MR) is 98.4 cm³/mol. The molecule has 0 unspecified atom stereocenters. The van der Waals surface area contributed by atoms with E-state index >= 15 is 0 Å². The zero-order chi connectivity index (χ0) is 16.4. The van der Waals surface area contributed by atoms with Crippen molar-refractivity contribution < 1.29 is 4.74 Å². The van der Waals surface area contributed by atoms with Crippen molar-refractivity contribution in [3.8, 4) is 17.0 Å². The molecular formula is C21H25NO. The van der Waals surface area contributed by atoms with Crippen LogP contribution < -0.4 is 4.74 Å². The van der Waals surface area contributed by atoms with Crippen LogP contribution in [-0.2, 0) is 6.42 Å². The summed E-state index contributed by atoms with van der Waals surface area (Å²) >= 11 is 0. The Labute approximate surface area is 138 Å². The number of para-hydroxylation sites is 1. The van der Waals surface area contributed by atoms with Crippen LogP contribution in [0.1, 0.15) is 36.5 Å². The van der Waals surface area contributed by atoms with E-state index in [1.807, 2.05) is 0 Å². The van der Waals surface area contributed by atoms with Gasteiger partial charge in [0, 0.05) is 16.6 Å². The van der Waals surface area contributed by atoms with Gasteiger partial charge in [-0.3, -0.25) is 0 Å². The quantitative estimate of drug-likeness (QED) is 0.633. The molecule has 0 amide bonds. The molecule has 2 nitrogen and oxygen atoms in total. The van der Waals surface area contributed by atoms with Crippen molar-refractivity contribution >= 4 is 10.9 Å². The van der Waals surface area contributed by atoms with E-state index in [0.717, 1.165) is 12.2 Å². The van der Waals surface area contributed by atoms with Gasteiger partial charge in [-0.15, -0.1) is 0 Å². The Kier molecular flexibility index (Phi) is 4.42. The molecular weight excluding hydrogens is 282 g/mol. The molecule has 2 aromatic carbocycles. The summed E-state index contributed by atoms with van der Waals surface area (Å²) in [5.74, 6) is 0.986. The number of aryl methyl sites for hydroxylation is 3. The average Bonchev–Trinajstić information content (AvgIpc) is 2.91. The SMILES string of the molecule is CCCCc1c(-c2cc(C)c(OC)c(C)c2)[nH]c2ccccc12. The fourth-order valence-corrected chi connectivity index (χ4v) is 3.48. The smallest absolute Gasteiger partial charge is 0.124 e. The maximum atomic E-state index is 5.51. The van der Waals surface area contributed by atoms with E-state index < -0.39 is 0 Å². The second-order valence-corrected chi connectivity index (χ2v) is 6.27. The molecule has 0 spiro atoms. The number of rotatable bonds is 5. The van der Waals surface area contributed by atoms with Crippen LogP contribution in [0, 0.1) is 13.8 Å². The first-order valence-corrected chi connectivity index (χ1v) is 8.41. The summed E-state index contributed by atoms with van der Waals surface area (Å²) in [4.78, 5) is 3.64. The lowest BCUT2D eigenvalue weighted by atomic mass is 9.97. The third-order valence-electron chi connectivity index (χ3n) is 4.55. The largest absolute Gasteiger partial charge is 0.496 e. The fourth-order valence-electron chi connectivity index (χ4n) is 3.48. The van der Waals surface area contributed by atoms with E-state index in [-0.39, 0.29) is 0 Å². The zero-order valence-electron chi connectivity index (χ0n) is 14.5. The number of hydrogen-bond donors (Lipinski definition) is 1. The summed E-state index contributed by atoms with van der Waals surface area (Å²) in [6.45, 7) is 6.48. The highest BCUT2D eigenvalue weighted by molar-refractivity contribution is 5.91. The van der Waals surface area contributed by atoms with Crippen molar-refractivity contribution in [2.45, 2.75) is 40.0 Å². The third kappa shape index (κ3) is 2.86. The van der Waals surface area contributed by atoms with Gasteiger partial charge in [-0.2, -0.15) is 0 Å². The Morgan fingerprint density at radius 2 is 1.74 bits per heavy atom. The van der Waals surface area contributed by atoms with E-state index in [2.05, 4.69) is 62.2 Å². The van der Waals surface area contributed by atoms with Crippen LogP contribution in [0.4, 0.5) is 0 Å². The highest BCUT2D eigenvalue weighted by Gasteiger charge is 2.14. The minimum absolute atomic E-state index is 0.986. The summed E-state index contributed by atoms with van der Waals surface area (Å²) in [6.07, 6.45) is 3.53. The summed E-state index contributed by atoms with van der Waals surface area (Å²) in [7, 11) is 1.74. The molecule has 3 rings (SSSR count). The van der Waals surface area contributed by atoms with Crippen molar-refractivity contribution in [1.82, 2.24) is 4.98 Å². The monoisotopic (exact) mass is 307 g/mol. The molecule has 0 bridgehead atoms. The van der Waals surface area contributed by atoms with Crippen LogP contribution in [0.15, 0.2) is 36.4 Å². The van der Waals surface area contributed by atoms with Crippen LogP contribution in [0.25, 0.3) is 22.2 Å². The number of ether oxygens (including phenoxy) is 1. The number of nitrogens with one attached hydrogen (secondary N) is 1. The molecule has 0 saturated carbocycles. The maximum Gasteiger partial charge on any atom is 0.124 e. The minimum atomic E-state index is 0.986. The summed E-state index contributed by atoms with van der Waals surface area (Å²) < 4.78 is 5.51. The summed E-state index contributed by atoms with van der Waals surface area (Å²) in [6, 6.07) is 13.1. The van der Waals surface area contributed by atoms with Gasteiger partial charge >= 0.3 is 0 Å². The first-order chi connectivity index (χ1) is 11.2. The second-order valence-electron chi connectivity index (χ2n) is 6.27. The van der Waals surface area contributed by atoms with Gasteiger partial charge in [-0.1, -0.05) is 31.5 Å². The highest BCUT2D eigenvalue weighted by Crippen LogP contribution is 2.35. The number of aromatic nitrogens is 1. The van der Waals surface area contributed by atoms with E-state index in [1.54, 1.807) is 7.11 Å². The Hall–Kier alpha value is -2.22. The molecule has 120 valence electrons. The minimum Gasteiger partial charge on any atom is -0.496 e.